The van der Waals surface area contributed by atoms with Crippen LogP contribution in [0.3, 0.4) is 0 Å². The van der Waals surface area contributed by atoms with Gasteiger partial charge in [-0.2, -0.15) is 4.79 Å². The molecule has 0 radical (unpaired) electrons. The molecular weight excluding hydrogens is 305 g/mol. The number of allylic oxidation sites excluding steroid dienone is 3. The fraction of sp³-hybridized carbons (Fsp3) is 0.214. The molecule has 0 saturated heterocycles. The Morgan fingerprint density at radius 2 is 2.18 bits per heavy atom. The standard InChI is InChI=1S/C14H16N3O4P/c1-2-10-3-8-13(14(9-10)21-22(18,19)20)16-11-4-6-12(17-15)7-5-11/h3-6,8-9,16H,2,7H2,1H3,(H2,18,19,20). The molecule has 7 nitrogen and oxygen atoms in total. The first kappa shape index (κ1) is 16.2. The first-order valence-electron chi connectivity index (χ1n) is 6.65. The number of nitrogens with zero attached hydrogens (tertiary/aromatic N) is 2. The van der Waals surface area contributed by atoms with Gasteiger partial charge < -0.3 is 15.4 Å². The molecule has 2 rings (SSSR count). The molecule has 0 atom stereocenters. The van der Waals surface area contributed by atoms with Crippen LogP contribution in [0.4, 0.5) is 5.69 Å². The van der Waals surface area contributed by atoms with E-state index in [1.54, 1.807) is 30.4 Å². The lowest BCUT2D eigenvalue weighted by Crippen LogP contribution is -2.06. The number of hydrogen-bond donors (Lipinski definition) is 3. The van der Waals surface area contributed by atoms with E-state index in [9.17, 15) is 4.57 Å². The molecule has 1 aromatic rings. The Hall–Kier alpha value is -2.17. The highest BCUT2D eigenvalue weighted by Gasteiger charge is 2.19. The van der Waals surface area contributed by atoms with Gasteiger partial charge in [-0.3, -0.25) is 9.79 Å². The lowest BCUT2D eigenvalue weighted by molar-refractivity contribution is -0.00540. The maximum absolute atomic E-state index is 11.1. The van der Waals surface area contributed by atoms with Gasteiger partial charge in [-0.1, -0.05) is 13.0 Å². The summed E-state index contributed by atoms with van der Waals surface area (Å²) in [6, 6.07) is 5.14. The summed E-state index contributed by atoms with van der Waals surface area (Å²) in [6.07, 6.45) is 6.32. The molecule has 0 bridgehead atoms. The van der Waals surface area contributed by atoms with E-state index < -0.39 is 7.82 Å². The van der Waals surface area contributed by atoms with Gasteiger partial charge in [0, 0.05) is 11.8 Å². The van der Waals surface area contributed by atoms with E-state index in [1.807, 2.05) is 13.0 Å². The van der Waals surface area contributed by atoms with Crippen molar-refractivity contribution in [3.8, 4) is 5.75 Å². The van der Waals surface area contributed by atoms with Crippen molar-refractivity contribution in [3.63, 3.8) is 0 Å². The molecule has 0 spiro atoms. The van der Waals surface area contributed by atoms with Gasteiger partial charge in [0.15, 0.2) is 5.75 Å². The van der Waals surface area contributed by atoms with Crippen LogP contribution >= 0.6 is 7.82 Å². The van der Waals surface area contributed by atoms with E-state index in [0.717, 1.165) is 12.0 Å². The number of rotatable bonds is 5. The molecule has 0 heterocycles. The summed E-state index contributed by atoms with van der Waals surface area (Å²) >= 11 is 0. The third-order valence-electron chi connectivity index (χ3n) is 3.07. The fourth-order valence-corrected chi connectivity index (χ4v) is 2.36. The number of phosphoric ester groups is 1. The average Bonchev–Trinajstić information content (AvgIpc) is 2.48. The molecule has 3 N–H and O–H groups in total. The van der Waals surface area contributed by atoms with Gasteiger partial charge in [-0.15, -0.1) is 0 Å². The van der Waals surface area contributed by atoms with Crippen LogP contribution < -0.4 is 9.84 Å². The van der Waals surface area contributed by atoms with E-state index in [-0.39, 0.29) is 5.75 Å². The van der Waals surface area contributed by atoms with Gasteiger partial charge in [0.2, 0.25) is 0 Å². The molecule has 1 aliphatic rings. The van der Waals surface area contributed by atoms with Gasteiger partial charge in [0.05, 0.1) is 12.1 Å². The highest BCUT2D eigenvalue weighted by molar-refractivity contribution is 7.46. The number of nitrogens with one attached hydrogen (secondary N) is 1. The Labute approximate surface area is 127 Å². The van der Waals surface area contributed by atoms with E-state index in [1.165, 1.54) is 0 Å². The molecule has 0 saturated carbocycles. The maximum atomic E-state index is 11.1. The minimum Gasteiger partial charge on any atom is -0.402 e. The van der Waals surface area contributed by atoms with Gasteiger partial charge in [0.25, 0.3) is 5.71 Å². The largest absolute Gasteiger partial charge is 0.524 e. The maximum Gasteiger partial charge on any atom is 0.524 e. The number of phosphoric acid groups is 1. The zero-order valence-corrected chi connectivity index (χ0v) is 12.8. The van der Waals surface area contributed by atoms with Crippen LogP contribution in [0.25, 0.3) is 5.53 Å². The van der Waals surface area contributed by atoms with Gasteiger partial charge >= 0.3 is 7.82 Å². The van der Waals surface area contributed by atoms with Crippen molar-refractivity contribution in [2.75, 3.05) is 5.32 Å². The molecule has 0 aliphatic heterocycles. The predicted molar refractivity (Wildman–Crippen MR) is 82.6 cm³/mol. The molecule has 1 aromatic carbocycles. The minimum absolute atomic E-state index is 0.0867. The van der Waals surface area contributed by atoms with Crippen LogP contribution in [-0.4, -0.2) is 20.3 Å². The molecule has 0 unspecified atom stereocenters. The normalized spacial score (nSPS) is 14.3. The summed E-state index contributed by atoms with van der Waals surface area (Å²) in [6.45, 7) is 1.94. The Balaban J connectivity index is 2.27. The number of aryl methyl sites for hydroxylation is 1. The summed E-state index contributed by atoms with van der Waals surface area (Å²) in [4.78, 5) is 21.1. The number of anilines is 1. The highest BCUT2D eigenvalue weighted by atomic mass is 31.2. The Morgan fingerprint density at radius 1 is 1.41 bits per heavy atom. The van der Waals surface area contributed by atoms with E-state index in [2.05, 4.69) is 10.1 Å². The summed E-state index contributed by atoms with van der Waals surface area (Å²) in [5.41, 5.74) is 11.3. The first-order chi connectivity index (χ1) is 10.4. The fourth-order valence-electron chi connectivity index (χ4n) is 1.95. The summed E-state index contributed by atoms with van der Waals surface area (Å²) < 4.78 is 15.8. The van der Waals surface area contributed by atoms with Crippen molar-refractivity contribution in [1.29, 1.82) is 0 Å². The van der Waals surface area contributed by atoms with E-state index in [0.29, 0.717) is 23.5 Å². The third kappa shape index (κ3) is 4.41. The zero-order chi connectivity index (χ0) is 16.2. The van der Waals surface area contributed by atoms with Crippen molar-refractivity contribution in [2.45, 2.75) is 19.8 Å². The van der Waals surface area contributed by atoms with Crippen molar-refractivity contribution in [2.24, 2.45) is 0 Å². The Bertz CT molecular complexity index is 730. The second-order valence-corrected chi connectivity index (χ2v) is 5.84. The van der Waals surface area contributed by atoms with Crippen LogP contribution in [0, 0.1) is 0 Å². The molecular formula is C14H16N3O4P. The lowest BCUT2D eigenvalue weighted by atomic mass is 10.1. The highest BCUT2D eigenvalue weighted by Crippen LogP contribution is 2.41. The summed E-state index contributed by atoms with van der Waals surface area (Å²) in [7, 11) is -4.64. The molecule has 0 aromatic heterocycles. The van der Waals surface area contributed by atoms with Crippen LogP contribution in [0.1, 0.15) is 18.9 Å². The van der Waals surface area contributed by atoms with Gasteiger partial charge in [-0.05, 0) is 36.3 Å². The number of hydrogen-bond acceptors (Lipinski definition) is 3. The summed E-state index contributed by atoms with van der Waals surface area (Å²) in [5, 5.41) is 3.04. The van der Waals surface area contributed by atoms with Crippen LogP contribution in [0.2, 0.25) is 0 Å². The molecule has 0 amide bonds. The molecule has 0 fully saturated rings. The van der Waals surface area contributed by atoms with E-state index >= 15 is 0 Å². The SMILES string of the molecule is CCc1ccc(NC2=CCC(=[N+]=[N-])C=C2)c(OP(=O)(O)O)c1. The van der Waals surface area contributed by atoms with Crippen LogP contribution in [0.15, 0.2) is 42.1 Å². The molecule has 8 heteroatoms. The van der Waals surface area contributed by atoms with Gasteiger partial charge in [-0.25, -0.2) is 4.57 Å². The second kappa shape index (κ2) is 6.73. The molecule has 22 heavy (non-hydrogen) atoms. The smallest absolute Gasteiger partial charge is 0.402 e. The van der Waals surface area contributed by atoms with Gasteiger partial charge in [0.1, 0.15) is 0 Å². The molecule has 116 valence electrons. The van der Waals surface area contributed by atoms with E-state index in [4.69, 9.17) is 19.8 Å². The van der Waals surface area contributed by atoms with Crippen molar-refractivity contribution in [3.05, 3.63) is 53.2 Å². The van der Waals surface area contributed by atoms with Crippen LogP contribution in [-0.2, 0) is 11.0 Å². The first-order valence-corrected chi connectivity index (χ1v) is 8.18. The number of benzene rings is 1. The van der Waals surface area contributed by atoms with Crippen molar-refractivity contribution >= 4 is 19.2 Å². The quantitative estimate of drug-likeness (QED) is 0.438. The lowest BCUT2D eigenvalue weighted by Gasteiger charge is -2.16. The third-order valence-corrected chi connectivity index (χ3v) is 3.50. The predicted octanol–water partition coefficient (Wildman–Crippen LogP) is 2.65. The average molecular weight is 321 g/mol. The minimum atomic E-state index is -4.64. The van der Waals surface area contributed by atoms with Crippen molar-refractivity contribution < 1.29 is 23.7 Å². The second-order valence-electron chi connectivity index (χ2n) is 4.68. The van der Waals surface area contributed by atoms with Crippen LogP contribution in [0.5, 0.6) is 5.75 Å². The monoisotopic (exact) mass is 321 g/mol. The zero-order valence-electron chi connectivity index (χ0n) is 11.9. The summed E-state index contributed by atoms with van der Waals surface area (Å²) in [5.74, 6) is 0.0867. The molecule has 1 aliphatic carbocycles. The Morgan fingerprint density at radius 3 is 2.73 bits per heavy atom. The Kier molecular flexibility index (Phi) is 4.96. The van der Waals surface area contributed by atoms with Crippen molar-refractivity contribution in [1.82, 2.24) is 0 Å². The topological polar surface area (TPSA) is 115 Å².